The normalized spacial score (nSPS) is 12.2. The van der Waals surface area contributed by atoms with Crippen molar-refractivity contribution in [2.24, 2.45) is 0 Å². The molecule has 3 aromatic rings. The topological polar surface area (TPSA) is 88.2 Å². The molecular formula is C15H13N3O3. The van der Waals surface area contributed by atoms with Crippen molar-refractivity contribution in [3.05, 3.63) is 54.2 Å². The lowest BCUT2D eigenvalue weighted by molar-refractivity contribution is 0.0697. The summed E-state index contributed by atoms with van der Waals surface area (Å²) < 4.78 is 5.35. The number of nitrogens with one attached hydrogen (secondary N) is 1. The fourth-order valence-corrected chi connectivity index (χ4v) is 2.12. The van der Waals surface area contributed by atoms with Crippen LogP contribution in [0.3, 0.4) is 0 Å². The maximum absolute atomic E-state index is 11.0. The fraction of sp³-hybridized carbons (Fsp3) is 0.133. The third-order valence-electron chi connectivity index (χ3n) is 3.21. The van der Waals surface area contributed by atoms with E-state index in [4.69, 9.17) is 9.52 Å². The van der Waals surface area contributed by atoms with E-state index in [1.165, 1.54) is 18.5 Å². The minimum absolute atomic E-state index is 0.0581. The van der Waals surface area contributed by atoms with Gasteiger partial charge in [0, 0.05) is 5.39 Å². The number of nitrogens with zero attached hydrogens (tertiary/aromatic N) is 2. The van der Waals surface area contributed by atoms with Gasteiger partial charge in [-0.05, 0) is 37.3 Å². The molecular weight excluding hydrogens is 270 g/mol. The van der Waals surface area contributed by atoms with Gasteiger partial charge in [0.1, 0.15) is 17.9 Å². The largest absolute Gasteiger partial charge is 0.478 e. The summed E-state index contributed by atoms with van der Waals surface area (Å²) in [6.07, 6.45) is 3.02. The van der Waals surface area contributed by atoms with Gasteiger partial charge in [0.25, 0.3) is 0 Å². The van der Waals surface area contributed by atoms with E-state index < -0.39 is 5.97 Å². The van der Waals surface area contributed by atoms with Crippen LogP contribution in [0, 0.1) is 0 Å². The molecule has 0 spiro atoms. The van der Waals surface area contributed by atoms with E-state index in [0.29, 0.717) is 11.3 Å². The van der Waals surface area contributed by atoms with Crippen molar-refractivity contribution in [2.75, 3.05) is 5.32 Å². The van der Waals surface area contributed by atoms with Crippen molar-refractivity contribution in [2.45, 2.75) is 13.0 Å². The predicted molar refractivity (Wildman–Crippen MR) is 77.2 cm³/mol. The van der Waals surface area contributed by atoms with E-state index in [2.05, 4.69) is 15.3 Å². The molecule has 0 aliphatic heterocycles. The molecule has 2 N–H and O–H groups in total. The quantitative estimate of drug-likeness (QED) is 0.765. The van der Waals surface area contributed by atoms with Crippen molar-refractivity contribution in [1.29, 1.82) is 0 Å². The van der Waals surface area contributed by atoms with Crippen LogP contribution in [0.4, 0.5) is 5.82 Å². The Labute approximate surface area is 120 Å². The van der Waals surface area contributed by atoms with Crippen LogP contribution in [0.5, 0.6) is 0 Å². The summed E-state index contributed by atoms with van der Waals surface area (Å²) in [7, 11) is 0. The van der Waals surface area contributed by atoms with E-state index in [1.54, 1.807) is 12.3 Å². The molecule has 0 bridgehead atoms. The zero-order valence-electron chi connectivity index (χ0n) is 11.3. The number of furan rings is 1. The van der Waals surface area contributed by atoms with Gasteiger partial charge in [0.2, 0.25) is 0 Å². The first-order valence-corrected chi connectivity index (χ1v) is 6.43. The van der Waals surface area contributed by atoms with Crippen molar-refractivity contribution in [3.63, 3.8) is 0 Å². The molecule has 0 saturated carbocycles. The fourth-order valence-electron chi connectivity index (χ4n) is 2.12. The number of fused-ring (bicyclic) bond motifs is 1. The third-order valence-corrected chi connectivity index (χ3v) is 3.21. The molecule has 0 fully saturated rings. The zero-order valence-corrected chi connectivity index (χ0v) is 11.3. The van der Waals surface area contributed by atoms with Gasteiger partial charge in [0.05, 0.1) is 23.4 Å². The van der Waals surface area contributed by atoms with E-state index in [-0.39, 0.29) is 11.6 Å². The van der Waals surface area contributed by atoms with Crippen LogP contribution in [-0.4, -0.2) is 21.0 Å². The second-order valence-corrected chi connectivity index (χ2v) is 4.64. The van der Waals surface area contributed by atoms with Crippen molar-refractivity contribution in [3.8, 4) is 0 Å². The molecule has 6 heteroatoms. The number of hydrogen-bond donors (Lipinski definition) is 2. The molecule has 2 heterocycles. The number of carbonyl (C=O) groups is 1. The lowest BCUT2D eigenvalue weighted by atomic mass is 10.1. The van der Waals surface area contributed by atoms with Crippen LogP contribution in [0.25, 0.3) is 10.9 Å². The maximum Gasteiger partial charge on any atom is 0.335 e. The summed E-state index contributed by atoms with van der Waals surface area (Å²) in [5.41, 5.74) is 0.783. The molecule has 0 aliphatic carbocycles. The van der Waals surface area contributed by atoms with E-state index >= 15 is 0 Å². The summed E-state index contributed by atoms with van der Waals surface area (Å²) in [5.74, 6) is 0.457. The predicted octanol–water partition coefficient (Wildman–Crippen LogP) is 3.09. The lowest BCUT2D eigenvalue weighted by Crippen LogP contribution is -2.08. The Kier molecular flexibility index (Phi) is 3.27. The van der Waals surface area contributed by atoms with Crippen molar-refractivity contribution < 1.29 is 14.3 Å². The number of hydrogen-bond acceptors (Lipinski definition) is 5. The van der Waals surface area contributed by atoms with Crippen LogP contribution in [0.2, 0.25) is 0 Å². The number of benzene rings is 1. The number of aromatic carboxylic acids is 1. The van der Waals surface area contributed by atoms with E-state index in [0.717, 1.165) is 11.1 Å². The molecule has 0 amide bonds. The first-order valence-electron chi connectivity index (χ1n) is 6.43. The van der Waals surface area contributed by atoms with Crippen LogP contribution in [0.15, 0.2) is 47.3 Å². The van der Waals surface area contributed by atoms with E-state index in [9.17, 15) is 4.79 Å². The molecule has 0 saturated heterocycles. The second kappa shape index (κ2) is 5.24. The summed E-state index contributed by atoms with van der Waals surface area (Å²) in [4.78, 5) is 19.3. The van der Waals surface area contributed by atoms with Gasteiger partial charge in [-0.1, -0.05) is 0 Å². The molecule has 21 heavy (non-hydrogen) atoms. The van der Waals surface area contributed by atoms with Crippen LogP contribution < -0.4 is 5.32 Å². The molecule has 0 radical (unpaired) electrons. The summed E-state index contributed by atoms with van der Waals surface area (Å²) in [6, 6.07) is 8.42. The van der Waals surface area contributed by atoms with Crippen molar-refractivity contribution >= 4 is 22.7 Å². The highest BCUT2D eigenvalue weighted by Gasteiger charge is 2.12. The van der Waals surface area contributed by atoms with Crippen LogP contribution in [0.1, 0.15) is 29.1 Å². The molecule has 2 aromatic heterocycles. The molecule has 6 nitrogen and oxygen atoms in total. The maximum atomic E-state index is 11.0. The Bertz CT molecular complexity index is 784. The van der Waals surface area contributed by atoms with Gasteiger partial charge < -0.3 is 14.8 Å². The molecule has 1 aromatic carbocycles. The minimum atomic E-state index is -0.978. The van der Waals surface area contributed by atoms with Gasteiger partial charge in [-0.3, -0.25) is 0 Å². The number of rotatable bonds is 4. The monoisotopic (exact) mass is 283 g/mol. The van der Waals surface area contributed by atoms with Gasteiger partial charge in [0.15, 0.2) is 0 Å². The SMILES string of the molecule is CC(Nc1ncnc2cc(C(=O)O)ccc12)c1ccco1. The Hall–Kier alpha value is -2.89. The summed E-state index contributed by atoms with van der Waals surface area (Å²) >= 11 is 0. The number of aromatic nitrogens is 2. The highest BCUT2D eigenvalue weighted by molar-refractivity contribution is 5.96. The second-order valence-electron chi connectivity index (χ2n) is 4.64. The molecule has 1 unspecified atom stereocenters. The highest BCUT2D eigenvalue weighted by atomic mass is 16.4. The van der Waals surface area contributed by atoms with Gasteiger partial charge in [-0.25, -0.2) is 14.8 Å². The number of carboxylic acid groups (broad SMARTS) is 1. The van der Waals surface area contributed by atoms with Gasteiger partial charge >= 0.3 is 5.97 Å². The standard InChI is InChI=1S/C15H13N3O3/c1-9(13-3-2-6-21-13)18-14-11-5-4-10(15(19)20)7-12(11)16-8-17-14/h2-9H,1H3,(H,19,20)(H,16,17,18). The molecule has 0 aliphatic rings. The number of anilines is 1. The molecule has 106 valence electrons. The van der Waals surface area contributed by atoms with Gasteiger partial charge in [-0.2, -0.15) is 0 Å². The Balaban J connectivity index is 1.97. The average molecular weight is 283 g/mol. The summed E-state index contributed by atoms with van der Waals surface area (Å²) in [5, 5.41) is 13.0. The average Bonchev–Trinajstić information content (AvgIpc) is 3.01. The molecule has 1 atom stereocenters. The van der Waals surface area contributed by atoms with E-state index in [1.807, 2.05) is 19.1 Å². The smallest absolute Gasteiger partial charge is 0.335 e. The lowest BCUT2D eigenvalue weighted by Gasteiger charge is -2.13. The van der Waals surface area contributed by atoms with Crippen LogP contribution in [-0.2, 0) is 0 Å². The van der Waals surface area contributed by atoms with Gasteiger partial charge in [-0.15, -0.1) is 0 Å². The summed E-state index contributed by atoms with van der Waals surface area (Å²) in [6.45, 7) is 1.96. The molecule has 3 rings (SSSR count). The highest BCUT2D eigenvalue weighted by Crippen LogP contribution is 2.24. The Morgan fingerprint density at radius 3 is 2.90 bits per heavy atom. The Morgan fingerprint density at radius 1 is 1.33 bits per heavy atom. The number of carboxylic acids is 1. The van der Waals surface area contributed by atoms with Crippen molar-refractivity contribution in [1.82, 2.24) is 9.97 Å². The minimum Gasteiger partial charge on any atom is -0.478 e. The van der Waals surface area contributed by atoms with Crippen LogP contribution >= 0.6 is 0 Å². The Morgan fingerprint density at radius 2 is 2.19 bits per heavy atom. The third kappa shape index (κ3) is 2.55. The first kappa shape index (κ1) is 13.1. The zero-order chi connectivity index (χ0) is 14.8. The first-order chi connectivity index (χ1) is 10.1.